The van der Waals surface area contributed by atoms with Crippen molar-refractivity contribution in [1.29, 1.82) is 0 Å². The summed E-state index contributed by atoms with van der Waals surface area (Å²) in [5, 5.41) is 0. The second-order valence-electron chi connectivity index (χ2n) is 28.2. The topological polar surface area (TPSA) is 105 Å². The number of hydrogen-bond acceptors (Lipinski definition) is 8. The molecule has 2 atom stereocenters. The Kier molecular flexibility index (Phi) is 31.4. The van der Waals surface area contributed by atoms with Crippen molar-refractivity contribution in [3.8, 4) is 23.0 Å². The lowest BCUT2D eigenvalue weighted by Gasteiger charge is -2.22. The Balaban J connectivity index is 0.000000169. The van der Waals surface area contributed by atoms with Crippen molar-refractivity contribution >= 4 is 67.5 Å². The fourth-order valence-corrected chi connectivity index (χ4v) is 20.0. The van der Waals surface area contributed by atoms with Gasteiger partial charge in [-0.15, -0.1) is 0 Å². The summed E-state index contributed by atoms with van der Waals surface area (Å²) in [7, 11) is -0.804. The van der Waals surface area contributed by atoms with Gasteiger partial charge in [-0.1, -0.05) is 187 Å². The summed E-state index contributed by atoms with van der Waals surface area (Å²) in [6.07, 6.45) is 3.05. The van der Waals surface area contributed by atoms with Crippen LogP contribution in [0.5, 0.6) is 23.0 Å². The van der Waals surface area contributed by atoms with Crippen molar-refractivity contribution in [3.63, 3.8) is 0 Å². The summed E-state index contributed by atoms with van der Waals surface area (Å²) in [4.78, 5) is 64.2. The minimum absolute atomic E-state index is 0.0852. The highest BCUT2D eigenvalue weighted by atomic mass is 32.2. The first-order valence-electron chi connectivity index (χ1n) is 37.7. The van der Waals surface area contributed by atoms with Crippen molar-refractivity contribution in [2.45, 2.75) is 181 Å². The van der Waals surface area contributed by atoms with Crippen LogP contribution in [0.3, 0.4) is 0 Å². The summed E-state index contributed by atoms with van der Waals surface area (Å²) in [6.45, 7) is 27.5. The molecule has 564 valence electrons. The van der Waals surface area contributed by atoms with Gasteiger partial charge in [0.2, 0.25) is 0 Å². The van der Waals surface area contributed by atoms with Crippen LogP contribution in [0.4, 0.5) is 0 Å². The first kappa shape index (κ1) is 83.9. The number of hydrogen-bond donors (Lipinski definition) is 0. The molecule has 2 unspecified atom stereocenters. The molecule has 0 bridgehead atoms. The lowest BCUT2D eigenvalue weighted by molar-refractivity contribution is -0.144. The molecule has 0 amide bonds. The van der Waals surface area contributed by atoms with E-state index in [1.807, 2.05) is 170 Å². The molecule has 12 rings (SSSR count). The van der Waals surface area contributed by atoms with Crippen LogP contribution in [-0.2, 0) is 62.8 Å². The molecule has 0 radical (unpaired) electrons. The van der Waals surface area contributed by atoms with Crippen LogP contribution >= 0.6 is 0 Å². The Morgan fingerprint density at radius 3 is 0.709 bits per heavy atom. The first-order chi connectivity index (χ1) is 53.0. The van der Waals surface area contributed by atoms with Gasteiger partial charge in [-0.25, -0.2) is 0 Å². The van der Waals surface area contributed by atoms with E-state index in [4.69, 9.17) is 18.9 Å². The lowest BCUT2D eigenvalue weighted by Crippen LogP contribution is -2.28. The monoisotopic (exact) mass is 1540 g/mol. The van der Waals surface area contributed by atoms with Crippen molar-refractivity contribution in [1.82, 2.24) is 0 Å². The molecule has 0 saturated carbocycles. The number of aryl methyl sites for hydroxylation is 4. The zero-order valence-corrected chi connectivity index (χ0v) is 69.2. The Morgan fingerprint density at radius 1 is 0.273 bits per heavy atom. The Bertz CT molecular complexity index is 4650. The van der Waals surface area contributed by atoms with Gasteiger partial charge in [0.15, 0.2) is 58.7 Å². The SMILES string of the molecule is CCC(C)(C)C(=O)Oc1c(C)cc([S+](c2ccccc2)c2ccccc2)cc1C.CCC(C)(C)C(=O)Oc1ccc([S+](c2ccccc2)c2ccccc2)cc1.CCC(C)C(=O)Oc1c(C)cc([S+](c2ccccc2)c2ccccc2)cc1C.CCC(C)C(=O)Oc1ccc([S+](c2ccccc2)c2ccccc2)cc1. The van der Waals surface area contributed by atoms with Gasteiger partial charge in [0, 0.05) is 24.3 Å². The molecule has 0 aliphatic carbocycles. The third-order valence-corrected chi connectivity index (χ3v) is 27.9. The van der Waals surface area contributed by atoms with Gasteiger partial charge in [-0.2, -0.15) is 0 Å². The molecule has 0 aromatic heterocycles. The summed E-state index contributed by atoms with van der Waals surface area (Å²) >= 11 is 0. The van der Waals surface area contributed by atoms with E-state index >= 15 is 0 Å². The predicted octanol–water partition coefficient (Wildman–Crippen LogP) is 24.9. The number of rotatable bonds is 24. The zero-order valence-electron chi connectivity index (χ0n) is 65.9. The van der Waals surface area contributed by atoms with Crippen molar-refractivity contribution in [3.05, 3.63) is 338 Å². The predicted molar refractivity (Wildman–Crippen MR) is 454 cm³/mol. The van der Waals surface area contributed by atoms with Gasteiger partial charge in [-0.05, 0) is 249 Å². The Labute approximate surface area is 665 Å². The van der Waals surface area contributed by atoms with Gasteiger partial charge >= 0.3 is 23.9 Å². The van der Waals surface area contributed by atoms with Gasteiger partial charge in [0.1, 0.15) is 23.0 Å². The number of carbonyl (C=O) groups is 4. The molecule has 8 nitrogen and oxygen atoms in total. The molecule has 12 heteroatoms. The fourth-order valence-electron chi connectivity index (χ4n) is 11.3. The third kappa shape index (κ3) is 23.0. The summed E-state index contributed by atoms with van der Waals surface area (Å²) in [5.74, 6) is 1.69. The molecule has 110 heavy (non-hydrogen) atoms. The Morgan fingerprint density at radius 2 is 0.473 bits per heavy atom. The van der Waals surface area contributed by atoms with E-state index in [1.54, 1.807) is 0 Å². The molecule has 12 aromatic carbocycles. The van der Waals surface area contributed by atoms with E-state index in [-0.39, 0.29) is 79.3 Å². The molecule has 0 heterocycles. The van der Waals surface area contributed by atoms with Crippen LogP contribution in [0.2, 0.25) is 0 Å². The highest BCUT2D eigenvalue weighted by Gasteiger charge is 2.36. The summed E-state index contributed by atoms with van der Waals surface area (Å²) in [5.41, 5.74) is 3.01. The molecule has 0 fully saturated rings. The number of ether oxygens (including phenoxy) is 4. The van der Waals surface area contributed by atoms with E-state index in [9.17, 15) is 19.2 Å². The maximum Gasteiger partial charge on any atom is 0.316 e. The smallest absolute Gasteiger partial charge is 0.316 e. The van der Waals surface area contributed by atoms with E-state index in [1.165, 1.54) is 58.7 Å². The van der Waals surface area contributed by atoms with Crippen molar-refractivity contribution in [2.24, 2.45) is 22.7 Å². The maximum atomic E-state index is 12.6. The molecule has 0 saturated heterocycles. The fraction of sp³-hybridized carbons (Fsp3) is 0.224. The first-order valence-corrected chi connectivity index (χ1v) is 42.6. The second-order valence-corrected chi connectivity index (χ2v) is 36.3. The quantitative estimate of drug-likeness (QED) is 0.0335. The highest BCUT2D eigenvalue weighted by molar-refractivity contribution is 7.98. The van der Waals surface area contributed by atoms with E-state index in [0.717, 1.165) is 47.9 Å². The molecular weight excluding hydrogens is 1430 g/mol. The number of esters is 4. The third-order valence-electron chi connectivity index (χ3n) is 19.0. The average molecular weight is 1540 g/mol. The molecule has 0 aliphatic heterocycles. The van der Waals surface area contributed by atoms with Crippen LogP contribution in [0.1, 0.15) is 117 Å². The van der Waals surface area contributed by atoms with E-state index < -0.39 is 10.8 Å². The normalized spacial score (nSPS) is 11.7. The minimum Gasteiger partial charge on any atom is -0.426 e. The van der Waals surface area contributed by atoms with Gasteiger partial charge < -0.3 is 18.9 Å². The van der Waals surface area contributed by atoms with Crippen molar-refractivity contribution < 1.29 is 38.1 Å². The largest absolute Gasteiger partial charge is 0.426 e. The molecule has 12 aromatic rings. The second kappa shape index (κ2) is 41.1. The van der Waals surface area contributed by atoms with E-state index in [2.05, 4.69) is 243 Å². The lowest BCUT2D eigenvalue weighted by atomic mass is 9.90. The standard InChI is InChI=1S/C26H29O2S.C25H27O2S.C24H25O2S.C23H23O2S/c1-6-26(4,5)25(27)28-24-19(2)17-23(18-20(24)3)29(21-13-9-7-10-14-21)22-15-11-8-12-16-22;1-5-18(2)25(26)27-24-19(3)16-23(17-20(24)4)28(21-12-8-6-9-13-21)22-14-10-7-11-15-22;1-4-24(2,3)23(25)26-19-15-17-22(18-16-19)27(20-11-7-5-8-12-20)21-13-9-6-10-14-21;1-3-18(2)23(24)25-19-14-16-22(17-15-19)26(20-10-6-4-7-11-20)21-12-8-5-9-13-21/h7-18H,6H2,1-5H3;6-18H,5H2,1-4H3;5-18H,4H2,1-3H3;4-18H,3H2,1-2H3/q4*+1. The average Bonchev–Trinajstić information content (AvgIpc) is 0.754. The van der Waals surface area contributed by atoms with Gasteiger partial charge in [0.25, 0.3) is 0 Å². The highest BCUT2D eigenvalue weighted by Crippen LogP contribution is 2.40. The number of carbonyl (C=O) groups excluding carboxylic acids is 4. The van der Waals surface area contributed by atoms with Crippen LogP contribution in [0.25, 0.3) is 0 Å². The molecule has 0 spiro atoms. The molecule has 0 N–H and O–H groups in total. The molecular formula is C98H104O8S4+4. The Hall–Kier alpha value is -10.1. The maximum absolute atomic E-state index is 12.6. The van der Waals surface area contributed by atoms with Crippen molar-refractivity contribution in [2.75, 3.05) is 0 Å². The van der Waals surface area contributed by atoms with Crippen LogP contribution < -0.4 is 18.9 Å². The zero-order chi connectivity index (χ0) is 78.7. The van der Waals surface area contributed by atoms with Gasteiger partial charge in [-0.3, -0.25) is 19.2 Å². The summed E-state index contributed by atoms with van der Waals surface area (Å²) < 4.78 is 22.6. The van der Waals surface area contributed by atoms with E-state index in [0.29, 0.717) is 23.0 Å². The van der Waals surface area contributed by atoms with Crippen LogP contribution in [0, 0.1) is 50.4 Å². The minimum atomic E-state index is -0.490. The van der Waals surface area contributed by atoms with Crippen LogP contribution in [0.15, 0.2) is 374 Å². The summed E-state index contributed by atoms with van der Waals surface area (Å²) in [6, 6.07) is 109. The van der Waals surface area contributed by atoms with Crippen LogP contribution in [-0.4, -0.2) is 23.9 Å². The number of benzene rings is 12. The molecule has 0 aliphatic rings. The van der Waals surface area contributed by atoms with Gasteiger partial charge in [0.05, 0.1) is 66.2 Å².